The molecule has 0 saturated heterocycles. The number of amides is 2. The zero-order chi connectivity index (χ0) is 14.7. The molecule has 7 heteroatoms. The molecule has 0 aromatic rings. The molecule has 2 amide bonds. The lowest BCUT2D eigenvalue weighted by atomic mass is 10.2. The Bertz CT molecular complexity index is 291. The number of hydrogen-bond acceptors (Lipinski definition) is 5. The molecule has 0 aliphatic rings. The summed E-state index contributed by atoms with van der Waals surface area (Å²) in [7, 11) is 0. The molecule has 4 N–H and O–H groups in total. The molecule has 0 rings (SSSR count). The van der Waals surface area contributed by atoms with E-state index in [1.54, 1.807) is 11.8 Å². The van der Waals surface area contributed by atoms with Gasteiger partial charge in [-0.1, -0.05) is 6.42 Å². The van der Waals surface area contributed by atoms with Crippen LogP contribution in [0.25, 0.3) is 0 Å². The largest absolute Gasteiger partial charge is 0.466 e. The second kappa shape index (κ2) is 10.3. The lowest BCUT2D eigenvalue weighted by Crippen LogP contribution is -2.40. The third-order valence-electron chi connectivity index (χ3n) is 2.42. The monoisotopic (exact) mass is 273 g/mol. The van der Waals surface area contributed by atoms with E-state index >= 15 is 0 Å². The van der Waals surface area contributed by atoms with Crippen molar-refractivity contribution in [1.82, 2.24) is 4.90 Å². The molecular weight excluding hydrogens is 250 g/mol. The fourth-order valence-electron chi connectivity index (χ4n) is 1.67. The molecule has 0 aromatic carbocycles. The summed E-state index contributed by atoms with van der Waals surface area (Å²) < 4.78 is 4.80. The molecule has 0 atom stereocenters. The number of carbonyl (C=O) groups excluding carboxylic acids is 3. The van der Waals surface area contributed by atoms with Crippen LogP contribution >= 0.6 is 0 Å². The third-order valence-corrected chi connectivity index (χ3v) is 2.42. The maximum Gasteiger partial charge on any atom is 0.305 e. The predicted molar refractivity (Wildman–Crippen MR) is 69.9 cm³/mol. The topological polar surface area (TPSA) is 116 Å². The van der Waals surface area contributed by atoms with Gasteiger partial charge in [-0.2, -0.15) is 0 Å². The summed E-state index contributed by atoms with van der Waals surface area (Å²) in [5, 5.41) is 0. The van der Waals surface area contributed by atoms with E-state index in [0.717, 1.165) is 19.3 Å². The summed E-state index contributed by atoms with van der Waals surface area (Å²) >= 11 is 0. The number of ether oxygens (including phenoxy) is 1. The number of hydrogen-bond donors (Lipinski definition) is 2. The van der Waals surface area contributed by atoms with Crippen molar-refractivity contribution in [3.63, 3.8) is 0 Å². The zero-order valence-corrected chi connectivity index (χ0v) is 11.4. The summed E-state index contributed by atoms with van der Waals surface area (Å²) in [5.74, 6) is -1.19. The first kappa shape index (κ1) is 17.4. The average Bonchev–Trinajstić information content (AvgIpc) is 2.27. The van der Waals surface area contributed by atoms with Crippen LogP contribution in [0.3, 0.4) is 0 Å². The average molecular weight is 273 g/mol. The Morgan fingerprint density at radius 1 is 1.00 bits per heavy atom. The van der Waals surface area contributed by atoms with Gasteiger partial charge in [-0.15, -0.1) is 0 Å². The van der Waals surface area contributed by atoms with Gasteiger partial charge in [0.2, 0.25) is 11.8 Å². The van der Waals surface area contributed by atoms with Gasteiger partial charge in [0, 0.05) is 6.42 Å². The number of rotatable bonds is 11. The molecule has 0 heterocycles. The van der Waals surface area contributed by atoms with E-state index in [1.165, 1.54) is 0 Å². The first-order valence-corrected chi connectivity index (χ1v) is 6.40. The molecule has 0 spiro atoms. The predicted octanol–water partition coefficient (Wildman–Crippen LogP) is -0.617. The molecule has 0 aromatic heterocycles. The molecule has 0 aliphatic carbocycles. The summed E-state index contributed by atoms with van der Waals surface area (Å²) in [6.07, 6.45) is 2.69. The van der Waals surface area contributed by atoms with Crippen molar-refractivity contribution in [3.05, 3.63) is 0 Å². The Hall–Kier alpha value is -1.63. The van der Waals surface area contributed by atoms with E-state index in [4.69, 9.17) is 16.2 Å². The van der Waals surface area contributed by atoms with Gasteiger partial charge in [0.25, 0.3) is 0 Å². The molecule has 7 nitrogen and oxygen atoms in total. The second-order valence-electron chi connectivity index (χ2n) is 4.26. The standard InChI is InChI=1S/C12H23N3O4/c1-2-19-12(18)6-4-3-5-7-15(8-10(13)16)9-11(14)17/h2-9H2,1H3,(H2,13,16)(H2,14,17). The SMILES string of the molecule is CCOC(=O)CCCCCN(CC(N)=O)CC(N)=O. The Labute approximate surface area is 113 Å². The fourth-order valence-corrected chi connectivity index (χ4v) is 1.67. The van der Waals surface area contributed by atoms with Crippen LogP contribution in [0.4, 0.5) is 0 Å². The van der Waals surface area contributed by atoms with Crippen LogP contribution < -0.4 is 11.5 Å². The van der Waals surface area contributed by atoms with E-state index in [0.29, 0.717) is 19.6 Å². The molecule has 0 radical (unpaired) electrons. The minimum Gasteiger partial charge on any atom is -0.466 e. The molecule has 0 aliphatic heterocycles. The van der Waals surface area contributed by atoms with Crippen LogP contribution in [-0.4, -0.2) is 48.9 Å². The van der Waals surface area contributed by atoms with Crippen LogP contribution in [-0.2, 0) is 19.1 Å². The van der Waals surface area contributed by atoms with Gasteiger partial charge < -0.3 is 16.2 Å². The van der Waals surface area contributed by atoms with Crippen molar-refractivity contribution in [2.24, 2.45) is 11.5 Å². The third kappa shape index (κ3) is 11.2. The lowest BCUT2D eigenvalue weighted by molar-refractivity contribution is -0.143. The number of unbranched alkanes of at least 4 members (excludes halogenated alkanes) is 2. The zero-order valence-electron chi connectivity index (χ0n) is 11.4. The van der Waals surface area contributed by atoms with Crippen LogP contribution in [0, 0.1) is 0 Å². The van der Waals surface area contributed by atoms with Crippen molar-refractivity contribution in [1.29, 1.82) is 0 Å². The second-order valence-corrected chi connectivity index (χ2v) is 4.26. The van der Waals surface area contributed by atoms with Crippen molar-refractivity contribution >= 4 is 17.8 Å². The number of nitrogens with zero attached hydrogens (tertiary/aromatic N) is 1. The highest BCUT2D eigenvalue weighted by Gasteiger charge is 2.10. The summed E-state index contributed by atoms with van der Waals surface area (Å²) in [5.41, 5.74) is 10.2. The summed E-state index contributed by atoms with van der Waals surface area (Å²) in [6.45, 7) is 2.74. The van der Waals surface area contributed by atoms with Gasteiger partial charge in [-0.25, -0.2) is 0 Å². The van der Waals surface area contributed by atoms with Crippen LogP contribution in [0.5, 0.6) is 0 Å². The van der Waals surface area contributed by atoms with Gasteiger partial charge >= 0.3 is 5.97 Å². The van der Waals surface area contributed by atoms with Gasteiger partial charge in [0.1, 0.15) is 0 Å². The Morgan fingerprint density at radius 2 is 1.58 bits per heavy atom. The van der Waals surface area contributed by atoms with E-state index in [1.807, 2.05) is 0 Å². The number of nitrogens with two attached hydrogens (primary N) is 2. The van der Waals surface area contributed by atoms with Gasteiger partial charge in [-0.05, 0) is 26.3 Å². The maximum atomic E-state index is 11.1. The van der Waals surface area contributed by atoms with Crippen molar-refractivity contribution in [3.8, 4) is 0 Å². The Morgan fingerprint density at radius 3 is 2.05 bits per heavy atom. The first-order valence-electron chi connectivity index (χ1n) is 6.40. The summed E-state index contributed by atoms with van der Waals surface area (Å²) in [4.78, 5) is 34.3. The Kier molecular flexibility index (Phi) is 9.42. The number of esters is 1. The molecule has 0 unspecified atom stereocenters. The van der Waals surface area contributed by atoms with E-state index in [2.05, 4.69) is 0 Å². The van der Waals surface area contributed by atoms with Crippen molar-refractivity contribution in [2.75, 3.05) is 26.2 Å². The first-order chi connectivity index (χ1) is 8.95. The lowest BCUT2D eigenvalue weighted by Gasteiger charge is -2.18. The van der Waals surface area contributed by atoms with Gasteiger partial charge in [-0.3, -0.25) is 19.3 Å². The number of primary amides is 2. The highest BCUT2D eigenvalue weighted by molar-refractivity contribution is 5.79. The minimum absolute atomic E-state index is 0.0147. The van der Waals surface area contributed by atoms with Gasteiger partial charge in [0.15, 0.2) is 0 Å². The normalized spacial score (nSPS) is 10.4. The molecule has 0 fully saturated rings. The minimum atomic E-state index is -0.493. The van der Waals surface area contributed by atoms with E-state index in [9.17, 15) is 14.4 Å². The fraction of sp³-hybridized carbons (Fsp3) is 0.750. The molecule has 0 saturated carbocycles. The molecule has 110 valence electrons. The molecular formula is C12H23N3O4. The molecule has 19 heavy (non-hydrogen) atoms. The Balaban J connectivity index is 3.77. The maximum absolute atomic E-state index is 11.1. The smallest absolute Gasteiger partial charge is 0.305 e. The van der Waals surface area contributed by atoms with Gasteiger partial charge in [0.05, 0.1) is 19.7 Å². The highest BCUT2D eigenvalue weighted by atomic mass is 16.5. The van der Waals surface area contributed by atoms with Crippen LogP contribution in [0.15, 0.2) is 0 Å². The quantitative estimate of drug-likeness (QED) is 0.384. The summed E-state index contributed by atoms with van der Waals surface area (Å²) in [6, 6.07) is 0. The van der Waals surface area contributed by atoms with Crippen molar-refractivity contribution in [2.45, 2.75) is 32.6 Å². The molecule has 0 bridgehead atoms. The van der Waals surface area contributed by atoms with Crippen LogP contribution in [0.1, 0.15) is 32.6 Å². The van der Waals surface area contributed by atoms with E-state index < -0.39 is 11.8 Å². The van der Waals surface area contributed by atoms with Crippen molar-refractivity contribution < 1.29 is 19.1 Å². The van der Waals surface area contributed by atoms with E-state index in [-0.39, 0.29) is 19.1 Å². The van der Waals surface area contributed by atoms with Crippen LogP contribution in [0.2, 0.25) is 0 Å². The highest BCUT2D eigenvalue weighted by Crippen LogP contribution is 2.03. The number of carbonyl (C=O) groups is 3.